The van der Waals surface area contributed by atoms with Gasteiger partial charge in [0, 0.05) is 6.42 Å². The summed E-state index contributed by atoms with van der Waals surface area (Å²) in [7, 11) is 0. The average molecular weight is 305 g/mol. The normalized spacial score (nSPS) is 10.8. The van der Waals surface area contributed by atoms with Gasteiger partial charge in [0.25, 0.3) is 0 Å². The Hall–Kier alpha value is 0.370. The molecule has 0 aromatic rings. The summed E-state index contributed by atoms with van der Waals surface area (Å²) in [6.45, 7) is 0. The van der Waals surface area contributed by atoms with Crippen LogP contribution in [0.15, 0.2) is 0 Å². The summed E-state index contributed by atoms with van der Waals surface area (Å²) in [6.07, 6.45) is 17.9. The second-order valence-electron chi connectivity index (χ2n) is 5.46. The van der Waals surface area contributed by atoms with Crippen LogP contribution in [-0.2, 0) is 4.79 Å². The minimum atomic E-state index is 0.0365. The van der Waals surface area contributed by atoms with Crippen molar-refractivity contribution in [3.8, 4) is 0 Å². The van der Waals surface area contributed by atoms with Gasteiger partial charge < -0.3 is 0 Å². The van der Waals surface area contributed by atoms with Crippen molar-refractivity contribution in [1.29, 1.82) is 0 Å². The van der Waals surface area contributed by atoms with Crippen molar-refractivity contribution in [3.05, 3.63) is 0 Å². The molecule has 0 amide bonds. The minimum Gasteiger partial charge on any atom is -0.288 e. The molecule has 0 fully saturated rings. The summed E-state index contributed by atoms with van der Waals surface area (Å²) in [6, 6.07) is 0. The summed E-state index contributed by atoms with van der Waals surface area (Å²) in [5, 5.41) is 0.0365. The summed E-state index contributed by atoms with van der Waals surface area (Å²) in [5.74, 6) is 1.04. The van der Waals surface area contributed by atoms with Crippen LogP contribution < -0.4 is 0 Å². The Morgan fingerprint density at radius 3 is 1.21 bits per heavy atom. The van der Waals surface area contributed by atoms with E-state index in [1.165, 1.54) is 77.0 Å². The average Bonchev–Trinajstić information content (AvgIpc) is 2.39. The molecule has 0 bridgehead atoms. The van der Waals surface area contributed by atoms with E-state index in [4.69, 9.17) is 0 Å². The van der Waals surface area contributed by atoms with Gasteiger partial charge in [0.2, 0.25) is 0 Å². The highest BCUT2D eigenvalue weighted by molar-refractivity contribution is 7.96. The number of thiol groups is 2. The second-order valence-corrected chi connectivity index (χ2v) is 6.41. The van der Waals surface area contributed by atoms with Gasteiger partial charge in [-0.3, -0.25) is 4.79 Å². The molecule has 0 aromatic carbocycles. The zero-order valence-electron chi connectivity index (χ0n) is 12.4. The highest BCUT2D eigenvalue weighted by Crippen LogP contribution is 2.13. The first-order chi connectivity index (χ1) is 9.27. The van der Waals surface area contributed by atoms with Crippen molar-refractivity contribution in [2.75, 3.05) is 5.75 Å². The van der Waals surface area contributed by atoms with Gasteiger partial charge in [0.05, 0.1) is 0 Å². The first kappa shape index (κ1) is 19.4. The maximum absolute atomic E-state index is 10.6. The van der Waals surface area contributed by atoms with Gasteiger partial charge in [0.1, 0.15) is 0 Å². The predicted molar refractivity (Wildman–Crippen MR) is 92.5 cm³/mol. The topological polar surface area (TPSA) is 17.1 Å². The van der Waals surface area contributed by atoms with Gasteiger partial charge in [-0.1, -0.05) is 70.6 Å². The van der Waals surface area contributed by atoms with Crippen molar-refractivity contribution in [2.24, 2.45) is 0 Å². The van der Waals surface area contributed by atoms with E-state index < -0.39 is 0 Å². The lowest BCUT2D eigenvalue weighted by Crippen LogP contribution is -1.87. The fraction of sp³-hybridized carbons (Fsp3) is 0.938. The van der Waals surface area contributed by atoms with Crippen LogP contribution in [0.1, 0.15) is 89.9 Å². The Balaban J connectivity index is 2.93. The Labute approximate surface area is 131 Å². The van der Waals surface area contributed by atoms with Crippen LogP contribution in [0, 0.1) is 0 Å². The van der Waals surface area contributed by atoms with Crippen LogP contribution in [0.2, 0.25) is 0 Å². The maximum atomic E-state index is 10.6. The molecule has 0 rings (SSSR count). The molecule has 0 aliphatic rings. The maximum Gasteiger partial charge on any atom is 0.185 e. The quantitative estimate of drug-likeness (QED) is 0.287. The second kappa shape index (κ2) is 16.4. The van der Waals surface area contributed by atoms with E-state index in [1.54, 1.807) is 0 Å². The lowest BCUT2D eigenvalue weighted by atomic mass is 10.0. The fourth-order valence-corrected chi connectivity index (χ4v) is 2.71. The number of rotatable bonds is 15. The molecule has 0 atom stereocenters. The standard InChI is InChI=1S/C16H32OS2/c17-16(19)14-12-10-8-6-4-2-1-3-5-7-9-11-13-15-18/h18H,1-15H2,(H,17,19). The van der Waals surface area contributed by atoms with Crippen molar-refractivity contribution in [3.63, 3.8) is 0 Å². The van der Waals surface area contributed by atoms with E-state index in [0.29, 0.717) is 6.42 Å². The molecular weight excluding hydrogens is 272 g/mol. The molecule has 0 saturated carbocycles. The molecule has 0 spiro atoms. The van der Waals surface area contributed by atoms with Gasteiger partial charge in [-0.2, -0.15) is 12.6 Å². The smallest absolute Gasteiger partial charge is 0.185 e. The summed E-state index contributed by atoms with van der Waals surface area (Å²) in [4.78, 5) is 10.6. The van der Waals surface area contributed by atoms with E-state index in [1.807, 2.05) is 0 Å². The molecule has 19 heavy (non-hydrogen) atoms. The lowest BCUT2D eigenvalue weighted by Gasteiger charge is -2.02. The molecule has 0 N–H and O–H groups in total. The number of unbranched alkanes of at least 4 members (excludes halogenated alkanes) is 12. The first-order valence-corrected chi connectivity index (χ1v) is 9.18. The highest BCUT2D eigenvalue weighted by Gasteiger charge is 1.96. The monoisotopic (exact) mass is 304 g/mol. The van der Waals surface area contributed by atoms with Crippen LogP contribution in [-0.4, -0.2) is 10.9 Å². The summed E-state index contributed by atoms with van der Waals surface area (Å²) < 4.78 is 0. The van der Waals surface area contributed by atoms with Crippen molar-refractivity contribution in [1.82, 2.24) is 0 Å². The van der Waals surface area contributed by atoms with Crippen molar-refractivity contribution < 1.29 is 4.79 Å². The molecule has 0 saturated heterocycles. The number of carbonyl (C=O) groups excluding carboxylic acids is 1. The van der Waals surface area contributed by atoms with E-state index >= 15 is 0 Å². The number of carbonyl (C=O) groups is 1. The Morgan fingerprint density at radius 1 is 0.579 bits per heavy atom. The molecule has 0 heterocycles. The Bertz CT molecular complexity index is 195. The molecule has 0 aliphatic carbocycles. The largest absolute Gasteiger partial charge is 0.288 e. The van der Waals surface area contributed by atoms with Crippen molar-refractivity contribution >= 4 is 30.4 Å². The summed E-state index contributed by atoms with van der Waals surface area (Å²) >= 11 is 8.00. The van der Waals surface area contributed by atoms with E-state index in [0.717, 1.165) is 12.2 Å². The molecule has 0 aromatic heterocycles. The van der Waals surface area contributed by atoms with Gasteiger partial charge in [-0.15, -0.1) is 12.6 Å². The van der Waals surface area contributed by atoms with Gasteiger partial charge >= 0.3 is 0 Å². The molecular formula is C16H32OS2. The minimum absolute atomic E-state index is 0.0365. The molecule has 1 nitrogen and oxygen atoms in total. The molecule has 0 unspecified atom stereocenters. The predicted octanol–water partition coefficient (Wildman–Crippen LogP) is 5.83. The lowest BCUT2D eigenvalue weighted by molar-refractivity contribution is -0.110. The third-order valence-corrected chi connectivity index (χ3v) is 4.09. The fourth-order valence-electron chi connectivity index (χ4n) is 2.33. The number of hydrogen-bond acceptors (Lipinski definition) is 2. The Kier molecular flexibility index (Phi) is 16.7. The van der Waals surface area contributed by atoms with Crippen LogP contribution in [0.25, 0.3) is 0 Å². The third-order valence-electron chi connectivity index (χ3n) is 3.55. The summed E-state index contributed by atoms with van der Waals surface area (Å²) in [5.41, 5.74) is 0. The highest BCUT2D eigenvalue weighted by atomic mass is 32.1. The van der Waals surface area contributed by atoms with Crippen LogP contribution in [0.5, 0.6) is 0 Å². The van der Waals surface area contributed by atoms with Gasteiger partial charge in [0.15, 0.2) is 5.12 Å². The van der Waals surface area contributed by atoms with E-state index in [-0.39, 0.29) is 5.12 Å². The number of hydrogen-bond donors (Lipinski definition) is 2. The van der Waals surface area contributed by atoms with E-state index in [2.05, 4.69) is 25.3 Å². The zero-order valence-corrected chi connectivity index (χ0v) is 14.2. The van der Waals surface area contributed by atoms with Gasteiger partial charge in [-0.05, 0) is 18.6 Å². The zero-order chi connectivity index (χ0) is 14.2. The molecule has 114 valence electrons. The van der Waals surface area contributed by atoms with Crippen LogP contribution in [0.4, 0.5) is 0 Å². The third kappa shape index (κ3) is 18.4. The van der Waals surface area contributed by atoms with Gasteiger partial charge in [-0.25, -0.2) is 0 Å². The van der Waals surface area contributed by atoms with Crippen molar-refractivity contribution in [2.45, 2.75) is 89.9 Å². The molecule has 3 heteroatoms. The first-order valence-electron chi connectivity index (χ1n) is 8.10. The molecule has 0 aliphatic heterocycles. The van der Waals surface area contributed by atoms with Crippen LogP contribution >= 0.6 is 25.3 Å². The van der Waals surface area contributed by atoms with Crippen LogP contribution in [0.3, 0.4) is 0 Å². The SMILES string of the molecule is O=C(S)CCCCCCCCCCCCCCCS. The Morgan fingerprint density at radius 2 is 0.895 bits per heavy atom. The molecule has 0 radical (unpaired) electrons. The van der Waals surface area contributed by atoms with E-state index in [9.17, 15) is 4.79 Å².